The summed E-state index contributed by atoms with van der Waals surface area (Å²) < 4.78 is 38.9. The lowest BCUT2D eigenvalue weighted by Gasteiger charge is -2.12. The van der Waals surface area contributed by atoms with Crippen molar-refractivity contribution >= 4 is 0 Å². The second-order valence-corrected chi connectivity index (χ2v) is 4.28. The number of pyridine rings is 2. The van der Waals surface area contributed by atoms with Gasteiger partial charge in [0, 0.05) is 42.5 Å². The lowest BCUT2D eigenvalue weighted by molar-refractivity contribution is -0.137. The van der Waals surface area contributed by atoms with Gasteiger partial charge < -0.3 is 5.32 Å². The molecule has 20 heavy (non-hydrogen) atoms. The molecule has 106 valence electrons. The summed E-state index contributed by atoms with van der Waals surface area (Å²) in [7, 11) is 0. The summed E-state index contributed by atoms with van der Waals surface area (Å²) >= 11 is 0. The molecule has 0 bridgehead atoms. The molecule has 3 nitrogen and oxygen atoms in total. The monoisotopic (exact) mass is 281 g/mol. The maximum Gasteiger partial charge on any atom is 0.417 e. The topological polar surface area (TPSA) is 37.8 Å². The number of rotatable bonds is 4. The first-order chi connectivity index (χ1) is 9.52. The van der Waals surface area contributed by atoms with Crippen molar-refractivity contribution in [3.05, 3.63) is 48.0 Å². The van der Waals surface area contributed by atoms with E-state index in [1.165, 1.54) is 12.4 Å². The van der Waals surface area contributed by atoms with E-state index in [4.69, 9.17) is 0 Å². The van der Waals surface area contributed by atoms with Crippen LogP contribution in [0.2, 0.25) is 0 Å². The SMILES string of the molecule is CCNCc1cncc(-c2cnccc2C(F)(F)F)c1. The summed E-state index contributed by atoms with van der Waals surface area (Å²) in [5.74, 6) is 0. The Morgan fingerprint density at radius 2 is 1.95 bits per heavy atom. The van der Waals surface area contributed by atoms with Crippen LogP contribution in [0.1, 0.15) is 18.1 Å². The summed E-state index contributed by atoms with van der Waals surface area (Å²) in [6, 6.07) is 2.67. The maximum atomic E-state index is 13.0. The minimum absolute atomic E-state index is 0.0471. The van der Waals surface area contributed by atoms with E-state index in [0.29, 0.717) is 12.1 Å². The van der Waals surface area contributed by atoms with Crippen molar-refractivity contribution in [2.24, 2.45) is 0 Å². The number of nitrogens with zero attached hydrogens (tertiary/aromatic N) is 2. The maximum absolute atomic E-state index is 13.0. The van der Waals surface area contributed by atoms with Crippen molar-refractivity contribution in [3.63, 3.8) is 0 Å². The number of halogens is 3. The average Bonchev–Trinajstić information content (AvgIpc) is 2.44. The van der Waals surface area contributed by atoms with Gasteiger partial charge in [-0.1, -0.05) is 6.92 Å². The highest BCUT2D eigenvalue weighted by molar-refractivity contribution is 5.66. The Morgan fingerprint density at radius 3 is 2.65 bits per heavy atom. The molecule has 0 saturated heterocycles. The van der Waals surface area contributed by atoms with Crippen molar-refractivity contribution in [2.75, 3.05) is 6.54 Å². The Morgan fingerprint density at radius 1 is 1.15 bits per heavy atom. The van der Waals surface area contributed by atoms with Crippen LogP contribution in [0, 0.1) is 0 Å². The lowest BCUT2D eigenvalue weighted by Crippen LogP contribution is -2.12. The molecule has 1 N–H and O–H groups in total. The van der Waals surface area contributed by atoms with Crippen LogP contribution in [0.25, 0.3) is 11.1 Å². The molecular weight excluding hydrogens is 267 g/mol. The molecule has 0 amide bonds. The van der Waals surface area contributed by atoms with E-state index in [1.807, 2.05) is 6.92 Å². The van der Waals surface area contributed by atoms with E-state index in [2.05, 4.69) is 15.3 Å². The van der Waals surface area contributed by atoms with Gasteiger partial charge in [0.25, 0.3) is 0 Å². The summed E-state index contributed by atoms with van der Waals surface area (Å²) in [5, 5.41) is 3.11. The Labute approximate surface area is 114 Å². The zero-order valence-electron chi connectivity index (χ0n) is 10.9. The number of aromatic nitrogens is 2. The van der Waals surface area contributed by atoms with Crippen LogP contribution in [0.5, 0.6) is 0 Å². The van der Waals surface area contributed by atoms with E-state index in [1.54, 1.807) is 12.3 Å². The molecule has 2 rings (SSSR count). The standard InChI is InChI=1S/C14H14F3N3/c1-2-18-6-10-5-11(8-20-7-10)12-9-19-4-3-13(12)14(15,16)17/h3-5,7-9,18H,2,6H2,1H3. The van der Waals surface area contributed by atoms with Crippen LogP contribution in [-0.2, 0) is 12.7 Å². The van der Waals surface area contributed by atoms with Gasteiger partial charge in [0.15, 0.2) is 0 Å². The smallest absolute Gasteiger partial charge is 0.313 e. The first-order valence-corrected chi connectivity index (χ1v) is 6.18. The number of alkyl halides is 3. The van der Waals surface area contributed by atoms with E-state index in [0.717, 1.165) is 24.4 Å². The molecule has 0 aliphatic carbocycles. The molecule has 2 heterocycles. The van der Waals surface area contributed by atoms with E-state index in [9.17, 15) is 13.2 Å². The van der Waals surface area contributed by atoms with Crippen molar-refractivity contribution < 1.29 is 13.2 Å². The molecule has 0 aliphatic heterocycles. The third kappa shape index (κ3) is 3.33. The quantitative estimate of drug-likeness (QED) is 0.934. The lowest BCUT2D eigenvalue weighted by atomic mass is 10.0. The minimum atomic E-state index is -4.41. The van der Waals surface area contributed by atoms with E-state index >= 15 is 0 Å². The van der Waals surface area contributed by atoms with Crippen molar-refractivity contribution in [1.82, 2.24) is 15.3 Å². The fraction of sp³-hybridized carbons (Fsp3) is 0.286. The van der Waals surface area contributed by atoms with Crippen LogP contribution >= 0.6 is 0 Å². The molecule has 2 aromatic rings. The minimum Gasteiger partial charge on any atom is -0.313 e. The molecule has 0 radical (unpaired) electrons. The van der Waals surface area contributed by atoms with Crippen molar-refractivity contribution in [1.29, 1.82) is 0 Å². The average molecular weight is 281 g/mol. The molecule has 0 saturated carbocycles. The molecule has 6 heteroatoms. The Kier molecular flexibility index (Phi) is 4.34. The van der Waals surface area contributed by atoms with Crippen LogP contribution < -0.4 is 5.32 Å². The molecule has 0 atom stereocenters. The van der Waals surface area contributed by atoms with Gasteiger partial charge in [-0.05, 0) is 24.2 Å². The molecule has 0 fully saturated rings. The first kappa shape index (κ1) is 14.5. The van der Waals surface area contributed by atoms with Gasteiger partial charge in [-0.2, -0.15) is 13.2 Å². The fourth-order valence-electron chi connectivity index (χ4n) is 1.87. The summed E-state index contributed by atoms with van der Waals surface area (Å²) in [5.41, 5.74) is 0.600. The van der Waals surface area contributed by atoms with Gasteiger partial charge >= 0.3 is 6.18 Å². The zero-order valence-corrected chi connectivity index (χ0v) is 10.9. The second-order valence-electron chi connectivity index (χ2n) is 4.28. The summed E-state index contributed by atoms with van der Waals surface area (Å²) in [6.45, 7) is 3.31. The summed E-state index contributed by atoms with van der Waals surface area (Å²) in [6.07, 6.45) is 1.01. The highest BCUT2D eigenvalue weighted by atomic mass is 19.4. The molecule has 0 spiro atoms. The molecule has 0 unspecified atom stereocenters. The van der Waals surface area contributed by atoms with Gasteiger partial charge in [-0.25, -0.2) is 0 Å². The highest BCUT2D eigenvalue weighted by Gasteiger charge is 2.33. The second kappa shape index (κ2) is 6.00. The van der Waals surface area contributed by atoms with Crippen LogP contribution in [0.4, 0.5) is 13.2 Å². The van der Waals surface area contributed by atoms with Crippen LogP contribution in [0.3, 0.4) is 0 Å². The first-order valence-electron chi connectivity index (χ1n) is 6.18. The molecule has 2 aromatic heterocycles. The molecule has 0 aromatic carbocycles. The Bertz CT molecular complexity index is 582. The van der Waals surface area contributed by atoms with Gasteiger partial charge in [0.05, 0.1) is 5.56 Å². The summed E-state index contributed by atoms with van der Waals surface area (Å²) in [4.78, 5) is 7.79. The Hall–Kier alpha value is -1.95. The highest BCUT2D eigenvalue weighted by Crippen LogP contribution is 2.36. The van der Waals surface area contributed by atoms with Gasteiger partial charge in [-0.15, -0.1) is 0 Å². The fourth-order valence-corrected chi connectivity index (χ4v) is 1.87. The number of hydrogen-bond donors (Lipinski definition) is 1. The van der Waals surface area contributed by atoms with Gasteiger partial charge in [0.2, 0.25) is 0 Å². The Balaban J connectivity index is 2.42. The predicted molar refractivity (Wildman–Crippen MR) is 69.9 cm³/mol. The third-order valence-electron chi connectivity index (χ3n) is 2.81. The van der Waals surface area contributed by atoms with E-state index in [-0.39, 0.29) is 5.56 Å². The van der Waals surface area contributed by atoms with Crippen LogP contribution in [0.15, 0.2) is 36.9 Å². The van der Waals surface area contributed by atoms with Gasteiger partial charge in [-0.3, -0.25) is 9.97 Å². The van der Waals surface area contributed by atoms with Crippen molar-refractivity contribution in [2.45, 2.75) is 19.6 Å². The van der Waals surface area contributed by atoms with Crippen LogP contribution in [-0.4, -0.2) is 16.5 Å². The predicted octanol–water partition coefficient (Wildman–Crippen LogP) is 3.27. The molecular formula is C14H14F3N3. The number of nitrogens with one attached hydrogen (secondary N) is 1. The van der Waals surface area contributed by atoms with Gasteiger partial charge in [0.1, 0.15) is 0 Å². The zero-order chi connectivity index (χ0) is 14.6. The molecule has 0 aliphatic rings. The number of hydrogen-bond acceptors (Lipinski definition) is 3. The van der Waals surface area contributed by atoms with E-state index < -0.39 is 11.7 Å². The third-order valence-corrected chi connectivity index (χ3v) is 2.81. The normalized spacial score (nSPS) is 11.6. The van der Waals surface area contributed by atoms with Crippen molar-refractivity contribution in [3.8, 4) is 11.1 Å². The largest absolute Gasteiger partial charge is 0.417 e.